The van der Waals surface area contributed by atoms with Crippen molar-refractivity contribution in [2.75, 3.05) is 14.1 Å². The van der Waals surface area contributed by atoms with Gasteiger partial charge in [0.05, 0.1) is 11.4 Å². The Kier molecular flexibility index (Phi) is 15.3. The van der Waals surface area contributed by atoms with E-state index in [0.717, 1.165) is 24.3 Å². The smallest absolute Gasteiger partial charge is 0.0903 e. The van der Waals surface area contributed by atoms with E-state index in [1.807, 2.05) is 14.1 Å². The van der Waals surface area contributed by atoms with Crippen LogP contribution in [0.2, 0.25) is 0 Å². The molecule has 2 heteroatoms. The average Bonchev–Trinajstić information content (AvgIpc) is 2.85. The molecule has 0 fully saturated rings. The third-order valence-corrected chi connectivity index (χ3v) is 7.11. The van der Waals surface area contributed by atoms with Crippen molar-refractivity contribution >= 4 is 11.4 Å². The van der Waals surface area contributed by atoms with Gasteiger partial charge in [0.25, 0.3) is 0 Å². The van der Waals surface area contributed by atoms with E-state index in [2.05, 4.69) is 79.7 Å². The molecule has 0 saturated heterocycles. The van der Waals surface area contributed by atoms with Gasteiger partial charge in [-0.15, -0.1) is 0 Å². The van der Waals surface area contributed by atoms with Crippen molar-refractivity contribution in [2.45, 2.75) is 120 Å². The van der Waals surface area contributed by atoms with Crippen molar-refractivity contribution in [2.24, 2.45) is 9.98 Å². The van der Waals surface area contributed by atoms with Crippen LogP contribution in [0.3, 0.4) is 0 Å². The molecule has 0 aromatic carbocycles. The quantitative estimate of drug-likeness (QED) is 0.131. The topological polar surface area (TPSA) is 24.7 Å². The molecule has 0 aromatic rings. The molecule has 0 spiro atoms. The number of hydrogen-bond acceptors (Lipinski definition) is 2. The molecule has 0 bridgehead atoms. The Morgan fingerprint density at radius 1 is 0.583 bits per heavy atom. The molecule has 1 rings (SSSR count). The Hall–Kier alpha value is -2.22. The van der Waals surface area contributed by atoms with Crippen LogP contribution < -0.4 is 0 Å². The highest BCUT2D eigenvalue weighted by atomic mass is 14.8. The molecule has 0 N–H and O–H groups in total. The normalized spacial score (nSPS) is 16.8. The molecule has 200 valence electrons. The number of rotatable bonds is 14. The van der Waals surface area contributed by atoms with Gasteiger partial charge in [0.2, 0.25) is 0 Å². The lowest BCUT2D eigenvalue weighted by Gasteiger charge is -2.21. The minimum absolute atomic E-state index is 0.997. The highest BCUT2D eigenvalue weighted by molar-refractivity contribution is 6.56. The molecule has 0 amide bonds. The van der Waals surface area contributed by atoms with E-state index in [1.54, 1.807) is 0 Å². The molecule has 0 aromatic heterocycles. The first kappa shape index (κ1) is 31.8. The zero-order valence-electron chi connectivity index (χ0n) is 25.3. The summed E-state index contributed by atoms with van der Waals surface area (Å²) in [7, 11) is 3.79. The van der Waals surface area contributed by atoms with E-state index in [-0.39, 0.29) is 0 Å². The fourth-order valence-corrected chi connectivity index (χ4v) is 4.76. The van der Waals surface area contributed by atoms with Gasteiger partial charge in [-0.25, -0.2) is 0 Å². The second-order valence-corrected chi connectivity index (χ2v) is 10.6. The first-order chi connectivity index (χ1) is 17.2. The average molecular weight is 491 g/mol. The van der Waals surface area contributed by atoms with Gasteiger partial charge in [-0.05, 0) is 89.5 Å². The third kappa shape index (κ3) is 10.0. The molecule has 0 radical (unpaired) electrons. The van der Waals surface area contributed by atoms with Crippen LogP contribution in [-0.2, 0) is 0 Å². The Bertz CT molecular complexity index is 883. The summed E-state index contributed by atoms with van der Waals surface area (Å²) < 4.78 is 0. The fourth-order valence-electron chi connectivity index (χ4n) is 4.76. The molecule has 1 aliphatic rings. The van der Waals surface area contributed by atoms with Crippen LogP contribution in [0.25, 0.3) is 0 Å². The van der Waals surface area contributed by atoms with Crippen molar-refractivity contribution in [3.8, 4) is 0 Å². The zero-order chi connectivity index (χ0) is 27.1. The summed E-state index contributed by atoms with van der Waals surface area (Å²) in [6.45, 7) is 17.9. The van der Waals surface area contributed by atoms with Gasteiger partial charge in [-0.3, -0.25) is 9.98 Å². The summed E-state index contributed by atoms with van der Waals surface area (Å²) in [4.78, 5) is 9.48. The fraction of sp³-hybridized carbons (Fsp3) is 0.588. The van der Waals surface area contributed by atoms with Gasteiger partial charge < -0.3 is 0 Å². The van der Waals surface area contributed by atoms with Crippen molar-refractivity contribution in [1.82, 2.24) is 0 Å². The first-order valence-electron chi connectivity index (χ1n) is 14.3. The summed E-state index contributed by atoms with van der Waals surface area (Å²) in [5.74, 6) is 0. The summed E-state index contributed by atoms with van der Waals surface area (Å²) in [5, 5.41) is 0. The van der Waals surface area contributed by atoms with Crippen LogP contribution >= 0.6 is 0 Å². The molecule has 2 nitrogen and oxygen atoms in total. The number of allylic oxidation sites excluding steroid dienone is 12. The maximum Gasteiger partial charge on any atom is 0.0903 e. The minimum Gasteiger partial charge on any atom is -0.286 e. The monoisotopic (exact) mass is 490 g/mol. The summed E-state index contributed by atoms with van der Waals surface area (Å²) >= 11 is 0. The van der Waals surface area contributed by atoms with E-state index in [1.165, 1.54) is 96.0 Å². The van der Waals surface area contributed by atoms with Gasteiger partial charge in [-0.1, -0.05) is 87.8 Å². The molecular weight excluding hydrogens is 436 g/mol. The number of unbranched alkanes of at least 4 members (excludes halogenated alkanes) is 6. The summed E-state index contributed by atoms with van der Waals surface area (Å²) in [6, 6.07) is 0. The SMILES string of the molecule is CCCCCCC(/C=C(\C)C1=CC=C(/C(C)=C/C(CCCCCC)=C(C)C)C(=NC)C1=NC)=C(C)C. The van der Waals surface area contributed by atoms with Crippen molar-refractivity contribution in [1.29, 1.82) is 0 Å². The van der Waals surface area contributed by atoms with Crippen LogP contribution in [0.1, 0.15) is 120 Å². The number of nitrogens with zero attached hydrogens (tertiary/aromatic N) is 2. The zero-order valence-corrected chi connectivity index (χ0v) is 25.3. The Morgan fingerprint density at radius 3 is 1.22 bits per heavy atom. The maximum atomic E-state index is 4.74. The Morgan fingerprint density at radius 2 is 0.944 bits per heavy atom. The van der Waals surface area contributed by atoms with Crippen LogP contribution in [0, 0.1) is 0 Å². The largest absolute Gasteiger partial charge is 0.286 e. The lowest BCUT2D eigenvalue weighted by atomic mass is 9.85. The van der Waals surface area contributed by atoms with Gasteiger partial charge in [0, 0.05) is 25.2 Å². The molecular formula is C34H54N2. The van der Waals surface area contributed by atoms with E-state index in [4.69, 9.17) is 9.98 Å². The maximum absolute atomic E-state index is 4.74. The second kappa shape index (κ2) is 17.3. The summed E-state index contributed by atoms with van der Waals surface area (Å²) in [5.41, 5.74) is 12.6. The van der Waals surface area contributed by atoms with E-state index < -0.39 is 0 Å². The molecule has 1 aliphatic carbocycles. The molecule has 0 heterocycles. The molecule has 0 aliphatic heterocycles. The van der Waals surface area contributed by atoms with Gasteiger partial charge in [0.1, 0.15) is 0 Å². The first-order valence-corrected chi connectivity index (χ1v) is 14.3. The van der Waals surface area contributed by atoms with Crippen LogP contribution in [-0.4, -0.2) is 25.5 Å². The third-order valence-electron chi connectivity index (χ3n) is 7.11. The van der Waals surface area contributed by atoms with Crippen molar-refractivity contribution in [3.63, 3.8) is 0 Å². The molecule has 36 heavy (non-hydrogen) atoms. The van der Waals surface area contributed by atoms with Crippen LogP contribution in [0.4, 0.5) is 0 Å². The van der Waals surface area contributed by atoms with Crippen LogP contribution in [0.5, 0.6) is 0 Å². The van der Waals surface area contributed by atoms with E-state index in [0.29, 0.717) is 0 Å². The molecule has 0 saturated carbocycles. The summed E-state index contributed by atoms with van der Waals surface area (Å²) in [6.07, 6.45) is 21.9. The predicted octanol–water partition coefficient (Wildman–Crippen LogP) is 10.5. The van der Waals surface area contributed by atoms with Crippen molar-refractivity contribution < 1.29 is 0 Å². The van der Waals surface area contributed by atoms with Gasteiger partial charge in [-0.2, -0.15) is 0 Å². The number of hydrogen-bond donors (Lipinski definition) is 0. The lowest BCUT2D eigenvalue weighted by molar-refractivity contribution is 0.666. The Balaban J connectivity index is 3.32. The predicted molar refractivity (Wildman–Crippen MR) is 165 cm³/mol. The van der Waals surface area contributed by atoms with Gasteiger partial charge in [0.15, 0.2) is 0 Å². The highest BCUT2D eigenvalue weighted by Crippen LogP contribution is 2.28. The molecule has 0 unspecified atom stereocenters. The number of aliphatic imine (C=N–C) groups is 2. The minimum atomic E-state index is 0.997. The van der Waals surface area contributed by atoms with Gasteiger partial charge >= 0.3 is 0 Å². The van der Waals surface area contributed by atoms with Crippen LogP contribution in [0.15, 0.2) is 78.9 Å². The lowest BCUT2D eigenvalue weighted by Crippen LogP contribution is -2.23. The standard InChI is InChI=1S/C34H54N2/c1-11-13-15-17-19-29(25(3)4)23-27(7)31-21-22-32(34(36-10)33(31)35-9)28(8)24-30(26(5)6)20-18-16-14-12-2/h21-24H,11-20H2,1-10H3/b27-23+,28-24+,35-33?,36-34?. The van der Waals surface area contributed by atoms with E-state index in [9.17, 15) is 0 Å². The second-order valence-electron chi connectivity index (χ2n) is 10.6. The molecule has 0 atom stereocenters. The van der Waals surface area contributed by atoms with Crippen molar-refractivity contribution in [3.05, 3.63) is 68.9 Å². The van der Waals surface area contributed by atoms with E-state index >= 15 is 0 Å². The Labute approximate surface area is 223 Å². The highest BCUT2D eigenvalue weighted by Gasteiger charge is 2.23.